The molecule has 0 spiro atoms. The van der Waals surface area contributed by atoms with Crippen LogP contribution in [0.25, 0.3) is 0 Å². The summed E-state index contributed by atoms with van der Waals surface area (Å²) in [5.74, 6) is 0. The average Bonchev–Trinajstić information content (AvgIpc) is 2.32. The molecule has 1 aliphatic rings. The highest BCUT2D eigenvalue weighted by atomic mass is 35.5. The maximum Gasteiger partial charge on any atom is 0.0455 e. The summed E-state index contributed by atoms with van der Waals surface area (Å²) in [6.07, 6.45) is 0. The molecule has 1 heterocycles. The summed E-state index contributed by atoms with van der Waals surface area (Å²) in [5.41, 5.74) is 2.67. The third-order valence-corrected chi connectivity index (χ3v) is 4.16. The number of benzene rings is 1. The zero-order valence-electron chi connectivity index (χ0n) is 11.8. The number of aryl methyl sites for hydroxylation is 1. The van der Waals surface area contributed by atoms with E-state index < -0.39 is 0 Å². The van der Waals surface area contributed by atoms with Gasteiger partial charge in [-0.05, 0) is 45.4 Å². The molecule has 1 aromatic rings. The van der Waals surface area contributed by atoms with Gasteiger partial charge in [0.2, 0.25) is 0 Å². The first-order valence-corrected chi connectivity index (χ1v) is 7.02. The minimum Gasteiger partial charge on any atom is -0.369 e. The van der Waals surface area contributed by atoms with Crippen LogP contribution in [0.1, 0.15) is 26.3 Å². The summed E-state index contributed by atoms with van der Waals surface area (Å²) in [5, 5.41) is 0.866. The highest BCUT2D eigenvalue weighted by Gasteiger charge is 2.25. The van der Waals surface area contributed by atoms with Crippen LogP contribution in [-0.2, 0) is 0 Å². The van der Waals surface area contributed by atoms with Crippen LogP contribution < -0.4 is 4.90 Å². The standard InChI is InChI=1S/C15H23ClN2/c1-12-5-6-13(11-14(12)16)17-7-9-18(10-8-17)15(2,3)4/h5-6,11H,7-10H2,1-4H3. The molecule has 3 heteroatoms. The Kier molecular flexibility index (Phi) is 3.88. The quantitative estimate of drug-likeness (QED) is 0.767. The maximum atomic E-state index is 6.20. The Morgan fingerprint density at radius 1 is 1.06 bits per heavy atom. The van der Waals surface area contributed by atoms with Crippen LogP contribution >= 0.6 is 11.6 Å². The van der Waals surface area contributed by atoms with Gasteiger partial charge in [-0.1, -0.05) is 17.7 Å². The molecule has 1 aliphatic heterocycles. The second-order valence-electron chi connectivity index (χ2n) is 6.08. The molecule has 100 valence electrons. The molecule has 0 radical (unpaired) electrons. The number of nitrogens with zero attached hydrogens (tertiary/aromatic N) is 2. The van der Waals surface area contributed by atoms with Crippen molar-refractivity contribution >= 4 is 17.3 Å². The van der Waals surface area contributed by atoms with E-state index in [0.717, 1.165) is 36.8 Å². The first-order valence-electron chi connectivity index (χ1n) is 6.64. The lowest BCUT2D eigenvalue weighted by molar-refractivity contribution is 0.128. The minimum absolute atomic E-state index is 0.275. The number of hydrogen-bond donors (Lipinski definition) is 0. The summed E-state index contributed by atoms with van der Waals surface area (Å²) in [6.45, 7) is 13.3. The zero-order chi connectivity index (χ0) is 13.3. The van der Waals surface area contributed by atoms with E-state index in [0.29, 0.717) is 0 Å². The van der Waals surface area contributed by atoms with E-state index in [2.05, 4.69) is 48.8 Å². The Morgan fingerprint density at radius 2 is 1.67 bits per heavy atom. The van der Waals surface area contributed by atoms with Crippen LogP contribution in [0.15, 0.2) is 18.2 Å². The zero-order valence-corrected chi connectivity index (χ0v) is 12.6. The van der Waals surface area contributed by atoms with Crippen molar-refractivity contribution in [2.24, 2.45) is 0 Å². The Balaban J connectivity index is 2.03. The number of hydrogen-bond acceptors (Lipinski definition) is 2. The van der Waals surface area contributed by atoms with Crippen molar-refractivity contribution in [2.45, 2.75) is 33.2 Å². The molecule has 0 N–H and O–H groups in total. The Bertz CT molecular complexity index is 415. The normalized spacial score (nSPS) is 18.2. The minimum atomic E-state index is 0.275. The lowest BCUT2D eigenvalue weighted by atomic mass is 10.0. The molecule has 0 unspecified atom stereocenters. The van der Waals surface area contributed by atoms with E-state index in [1.165, 1.54) is 5.69 Å². The van der Waals surface area contributed by atoms with Gasteiger partial charge in [0.05, 0.1) is 0 Å². The van der Waals surface area contributed by atoms with Gasteiger partial charge in [-0.2, -0.15) is 0 Å². The summed E-state index contributed by atoms with van der Waals surface area (Å²) in [7, 11) is 0. The number of piperazine rings is 1. The predicted octanol–water partition coefficient (Wildman–Crippen LogP) is 3.57. The molecule has 0 saturated carbocycles. The molecule has 0 amide bonds. The van der Waals surface area contributed by atoms with E-state index >= 15 is 0 Å². The third kappa shape index (κ3) is 2.99. The fourth-order valence-electron chi connectivity index (χ4n) is 2.41. The van der Waals surface area contributed by atoms with E-state index in [-0.39, 0.29) is 5.54 Å². The summed E-state index contributed by atoms with van der Waals surface area (Å²) in [4.78, 5) is 4.97. The van der Waals surface area contributed by atoms with Crippen LogP contribution in [0, 0.1) is 6.92 Å². The van der Waals surface area contributed by atoms with Gasteiger partial charge >= 0.3 is 0 Å². The van der Waals surface area contributed by atoms with E-state index in [4.69, 9.17) is 11.6 Å². The molecule has 1 fully saturated rings. The summed E-state index contributed by atoms with van der Waals surface area (Å²) < 4.78 is 0. The highest BCUT2D eigenvalue weighted by molar-refractivity contribution is 6.31. The van der Waals surface area contributed by atoms with Crippen molar-refractivity contribution in [3.05, 3.63) is 28.8 Å². The molecule has 0 aliphatic carbocycles. The van der Waals surface area contributed by atoms with Gasteiger partial charge in [-0.3, -0.25) is 4.90 Å². The molecular formula is C15H23ClN2. The highest BCUT2D eigenvalue weighted by Crippen LogP contribution is 2.25. The first kappa shape index (κ1) is 13.7. The third-order valence-electron chi connectivity index (χ3n) is 3.75. The van der Waals surface area contributed by atoms with Gasteiger partial charge in [0.1, 0.15) is 0 Å². The SMILES string of the molecule is Cc1ccc(N2CCN(C(C)(C)C)CC2)cc1Cl. The van der Waals surface area contributed by atoms with Gasteiger partial charge in [0.15, 0.2) is 0 Å². The second-order valence-corrected chi connectivity index (χ2v) is 6.49. The number of rotatable bonds is 1. The van der Waals surface area contributed by atoms with Crippen LogP contribution in [0.5, 0.6) is 0 Å². The monoisotopic (exact) mass is 266 g/mol. The van der Waals surface area contributed by atoms with E-state index in [9.17, 15) is 0 Å². The molecule has 0 aromatic heterocycles. The lowest BCUT2D eigenvalue weighted by Gasteiger charge is -2.43. The number of halogens is 1. The summed E-state index contributed by atoms with van der Waals surface area (Å²) in [6, 6.07) is 6.37. The maximum absolute atomic E-state index is 6.20. The van der Waals surface area contributed by atoms with Crippen molar-refractivity contribution in [3.8, 4) is 0 Å². The molecule has 1 aromatic carbocycles. The van der Waals surface area contributed by atoms with Gasteiger partial charge in [-0.25, -0.2) is 0 Å². The fourth-order valence-corrected chi connectivity index (χ4v) is 2.59. The first-order chi connectivity index (χ1) is 8.38. The largest absolute Gasteiger partial charge is 0.369 e. The lowest BCUT2D eigenvalue weighted by Crippen LogP contribution is -2.53. The van der Waals surface area contributed by atoms with Crippen LogP contribution in [0.2, 0.25) is 5.02 Å². The smallest absolute Gasteiger partial charge is 0.0455 e. The van der Waals surface area contributed by atoms with Crippen molar-refractivity contribution in [1.82, 2.24) is 4.90 Å². The predicted molar refractivity (Wildman–Crippen MR) is 79.7 cm³/mol. The molecule has 2 rings (SSSR count). The summed E-state index contributed by atoms with van der Waals surface area (Å²) >= 11 is 6.20. The average molecular weight is 267 g/mol. The van der Waals surface area contributed by atoms with Crippen LogP contribution in [0.3, 0.4) is 0 Å². The molecule has 2 nitrogen and oxygen atoms in total. The van der Waals surface area contributed by atoms with Gasteiger partial charge in [0.25, 0.3) is 0 Å². The topological polar surface area (TPSA) is 6.48 Å². The van der Waals surface area contributed by atoms with Crippen LogP contribution in [0.4, 0.5) is 5.69 Å². The van der Waals surface area contributed by atoms with Crippen LogP contribution in [-0.4, -0.2) is 36.6 Å². The Labute approximate surface area is 116 Å². The Hall–Kier alpha value is -0.730. The molecule has 0 bridgehead atoms. The van der Waals surface area contributed by atoms with Gasteiger partial charge < -0.3 is 4.90 Å². The molecule has 1 saturated heterocycles. The molecule has 0 atom stereocenters. The molecular weight excluding hydrogens is 244 g/mol. The van der Waals surface area contributed by atoms with Crippen molar-refractivity contribution < 1.29 is 0 Å². The van der Waals surface area contributed by atoms with Crippen molar-refractivity contribution in [3.63, 3.8) is 0 Å². The molecule has 18 heavy (non-hydrogen) atoms. The van der Waals surface area contributed by atoms with E-state index in [1.54, 1.807) is 0 Å². The second kappa shape index (κ2) is 5.10. The van der Waals surface area contributed by atoms with Crippen molar-refractivity contribution in [1.29, 1.82) is 0 Å². The van der Waals surface area contributed by atoms with E-state index in [1.807, 2.05) is 6.92 Å². The fraction of sp³-hybridized carbons (Fsp3) is 0.600. The number of anilines is 1. The van der Waals surface area contributed by atoms with Gasteiger partial charge in [-0.15, -0.1) is 0 Å². The van der Waals surface area contributed by atoms with Crippen molar-refractivity contribution in [2.75, 3.05) is 31.1 Å². The Morgan fingerprint density at radius 3 is 2.17 bits per heavy atom. The van der Waals surface area contributed by atoms with Gasteiger partial charge in [0, 0.05) is 42.4 Å².